The zero-order valence-corrected chi connectivity index (χ0v) is 12.3. The van der Waals surface area contributed by atoms with Gasteiger partial charge in [-0.05, 0) is 35.4 Å². The van der Waals surface area contributed by atoms with Crippen LogP contribution >= 0.6 is 0 Å². The summed E-state index contributed by atoms with van der Waals surface area (Å²) < 4.78 is 0. The second-order valence-electron chi connectivity index (χ2n) is 5.58. The van der Waals surface area contributed by atoms with Crippen molar-refractivity contribution in [1.82, 2.24) is 0 Å². The van der Waals surface area contributed by atoms with E-state index in [1.807, 2.05) is 0 Å². The van der Waals surface area contributed by atoms with Crippen LogP contribution in [-0.4, -0.2) is 10.2 Å². The lowest BCUT2D eigenvalue weighted by atomic mass is 9.77. The van der Waals surface area contributed by atoms with Crippen molar-refractivity contribution < 1.29 is 0 Å². The molecule has 0 saturated heterocycles. The van der Waals surface area contributed by atoms with Crippen LogP contribution in [0, 0.1) is 6.92 Å². The van der Waals surface area contributed by atoms with Crippen molar-refractivity contribution in [2.24, 2.45) is 0 Å². The molecular formula is C17H19Si. The van der Waals surface area contributed by atoms with Crippen molar-refractivity contribution in [3.63, 3.8) is 0 Å². The molecule has 0 fully saturated rings. The Bertz CT molecular complexity index is 527. The van der Waals surface area contributed by atoms with Crippen LogP contribution in [-0.2, 0) is 11.8 Å². The molecule has 0 aliphatic carbocycles. The first-order valence-electron chi connectivity index (χ1n) is 6.36. The van der Waals surface area contributed by atoms with E-state index < -0.39 is 0 Å². The third kappa shape index (κ3) is 2.91. The fourth-order valence-corrected chi connectivity index (χ4v) is 2.92. The third-order valence-electron chi connectivity index (χ3n) is 3.44. The van der Waals surface area contributed by atoms with Gasteiger partial charge in [-0.25, -0.2) is 0 Å². The van der Waals surface area contributed by atoms with Crippen molar-refractivity contribution in [2.45, 2.75) is 32.6 Å². The Kier molecular flexibility index (Phi) is 3.72. The molecule has 0 bridgehead atoms. The van der Waals surface area contributed by atoms with Gasteiger partial charge in [-0.1, -0.05) is 67.6 Å². The molecule has 2 rings (SSSR count). The Morgan fingerprint density at radius 3 is 2.28 bits per heavy atom. The van der Waals surface area contributed by atoms with E-state index in [4.69, 9.17) is 0 Å². The molecule has 0 aliphatic rings. The van der Waals surface area contributed by atoms with E-state index in [0.29, 0.717) is 0 Å². The second-order valence-corrected chi connectivity index (χ2v) is 6.15. The smallest absolute Gasteiger partial charge is 0.0671 e. The molecule has 18 heavy (non-hydrogen) atoms. The van der Waals surface area contributed by atoms with E-state index in [1.54, 1.807) is 0 Å². The lowest BCUT2D eigenvalue weighted by Gasteiger charge is -2.27. The topological polar surface area (TPSA) is 0 Å². The highest BCUT2D eigenvalue weighted by atomic mass is 28.1. The molecule has 0 unspecified atom stereocenters. The van der Waals surface area contributed by atoms with Gasteiger partial charge >= 0.3 is 0 Å². The molecule has 0 saturated carbocycles. The second kappa shape index (κ2) is 5.11. The highest BCUT2D eigenvalue weighted by Crippen LogP contribution is 2.29. The Balaban J connectivity index is 2.30. The molecule has 0 nitrogen and oxygen atoms in total. The minimum atomic E-state index is 0.158. The normalized spacial score (nSPS) is 11.6. The molecule has 0 spiro atoms. The summed E-state index contributed by atoms with van der Waals surface area (Å²) in [4.78, 5) is 0. The highest BCUT2D eigenvalue weighted by molar-refractivity contribution is 6.32. The molecule has 0 aromatic heterocycles. The fraction of sp³-hybridized carbons (Fsp3) is 0.294. The summed E-state index contributed by atoms with van der Waals surface area (Å²) >= 11 is 0. The van der Waals surface area contributed by atoms with E-state index in [1.165, 1.54) is 16.7 Å². The molecular weight excluding hydrogens is 232 g/mol. The molecule has 0 amide bonds. The van der Waals surface area contributed by atoms with Crippen LogP contribution in [0.5, 0.6) is 0 Å². The van der Waals surface area contributed by atoms with E-state index in [9.17, 15) is 0 Å². The van der Waals surface area contributed by atoms with Gasteiger partial charge in [0.05, 0.1) is 10.2 Å². The van der Waals surface area contributed by atoms with Gasteiger partial charge in [0, 0.05) is 0 Å². The van der Waals surface area contributed by atoms with Crippen molar-refractivity contribution in [1.29, 1.82) is 0 Å². The number of benzene rings is 2. The van der Waals surface area contributed by atoms with Crippen LogP contribution in [0.4, 0.5) is 0 Å². The van der Waals surface area contributed by atoms with Gasteiger partial charge in [-0.15, -0.1) is 0 Å². The first-order valence-corrected chi connectivity index (χ1v) is 6.86. The average Bonchev–Trinajstić information content (AvgIpc) is 2.29. The predicted octanol–water partition coefficient (Wildman–Crippen LogP) is 3.31. The van der Waals surface area contributed by atoms with Crippen LogP contribution in [0.2, 0.25) is 0 Å². The van der Waals surface area contributed by atoms with E-state index in [0.717, 1.165) is 11.6 Å². The first-order chi connectivity index (χ1) is 8.49. The fourth-order valence-electron chi connectivity index (χ4n) is 2.62. The highest BCUT2D eigenvalue weighted by Gasteiger charge is 2.22. The molecule has 0 aliphatic heterocycles. The maximum absolute atomic E-state index is 3.58. The molecule has 3 radical (unpaired) electrons. The number of rotatable bonds is 3. The van der Waals surface area contributed by atoms with Gasteiger partial charge in [0.15, 0.2) is 0 Å². The minimum Gasteiger partial charge on any atom is -0.0671 e. The summed E-state index contributed by atoms with van der Waals surface area (Å²) in [6, 6.07) is 17.3. The Morgan fingerprint density at radius 2 is 1.67 bits per heavy atom. The lowest BCUT2D eigenvalue weighted by molar-refractivity contribution is 0.519. The van der Waals surface area contributed by atoms with E-state index >= 15 is 0 Å². The summed E-state index contributed by atoms with van der Waals surface area (Å²) in [5, 5.41) is 1.15. The van der Waals surface area contributed by atoms with E-state index in [2.05, 4.69) is 79.5 Å². The molecule has 0 heterocycles. The van der Waals surface area contributed by atoms with Crippen LogP contribution in [0.1, 0.15) is 30.5 Å². The molecule has 0 atom stereocenters. The molecule has 1 heteroatoms. The van der Waals surface area contributed by atoms with Crippen LogP contribution in [0.15, 0.2) is 48.5 Å². The Hall–Kier alpha value is -1.34. The molecule has 91 valence electrons. The van der Waals surface area contributed by atoms with Crippen LogP contribution in [0.25, 0.3) is 0 Å². The van der Waals surface area contributed by atoms with Crippen molar-refractivity contribution in [3.05, 3.63) is 65.2 Å². The monoisotopic (exact) mass is 251 g/mol. The third-order valence-corrected chi connectivity index (χ3v) is 3.76. The standard InChI is InChI=1S/C17H19Si/c1-13-11-15(18)9-10-16(13)17(2,3)12-14-7-5-4-6-8-14/h4-11H,12H2,1-3H3. The van der Waals surface area contributed by atoms with Crippen molar-refractivity contribution in [3.8, 4) is 0 Å². The summed E-state index contributed by atoms with van der Waals surface area (Å²) in [6.45, 7) is 6.82. The maximum Gasteiger partial charge on any atom is 0.0711 e. The summed E-state index contributed by atoms with van der Waals surface area (Å²) in [5.74, 6) is 0. The van der Waals surface area contributed by atoms with Crippen LogP contribution in [0.3, 0.4) is 0 Å². The average molecular weight is 251 g/mol. The van der Waals surface area contributed by atoms with Gasteiger partial charge in [0.1, 0.15) is 0 Å². The number of aryl methyl sites for hydroxylation is 1. The SMILES string of the molecule is Cc1cc([Si])ccc1C(C)(C)Cc1ccccc1. The first kappa shape index (κ1) is 13.1. The molecule has 2 aromatic rings. The molecule has 0 N–H and O–H groups in total. The minimum absolute atomic E-state index is 0.158. The number of hydrogen-bond acceptors (Lipinski definition) is 0. The predicted molar refractivity (Wildman–Crippen MR) is 79.7 cm³/mol. The van der Waals surface area contributed by atoms with Crippen molar-refractivity contribution in [2.75, 3.05) is 0 Å². The van der Waals surface area contributed by atoms with Gasteiger partial charge in [0.25, 0.3) is 0 Å². The van der Waals surface area contributed by atoms with Crippen LogP contribution < -0.4 is 5.19 Å². The van der Waals surface area contributed by atoms with E-state index in [-0.39, 0.29) is 5.41 Å². The summed E-state index contributed by atoms with van der Waals surface area (Å²) in [6.07, 6.45) is 1.07. The zero-order chi connectivity index (χ0) is 13.2. The summed E-state index contributed by atoms with van der Waals surface area (Å²) in [5.41, 5.74) is 4.33. The van der Waals surface area contributed by atoms with Crippen molar-refractivity contribution >= 4 is 15.4 Å². The number of hydrogen-bond donors (Lipinski definition) is 0. The maximum atomic E-state index is 3.58. The largest absolute Gasteiger partial charge is 0.0711 e. The van der Waals surface area contributed by atoms with Gasteiger partial charge in [0.2, 0.25) is 0 Å². The quantitative estimate of drug-likeness (QED) is 0.734. The Labute approximate surface area is 113 Å². The zero-order valence-electron chi connectivity index (χ0n) is 11.3. The van der Waals surface area contributed by atoms with Gasteiger partial charge in [-0.2, -0.15) is 0 Å². The van der Waals surface area contributed by atoms with Gasteiger partial charge in [-0.3, -0.25) is 0 Å². The lowest BCUT2D eigenvalue weighted by Crippen LogP contribution is -2.23. The van der Waals surface area contributed by atoms with Gasteiger partial charge < -0.3 is 0 Å². The molecule has 2 aromatic carbocycles. The Morgan fingerprint density at radius 1 is 1.00 bits per heavy atom. The summed E-state index contributed by atoms with van der Waals surface area (Å²) in [7, 11) is 3.58.